The molecule has 0 spiro atoms. The molecular formula is C12H10Br2N2O3. The molecule has 0 aliphatic carbocycles. The number of carboxylic acid groups (broad SMARTS) is 1. The summed E-state index contributed by atoms with van der Waals surface area (Å²) in [5, 5.41) is 11.3. The fourth-order valence-corrected chi connectivity index (χ4v) is 1.97. The first-order valence-electron chi connectivity index (χ1n) is 5.10. The molecule has 0 bridgehead atoms. The van der Waals surface area contributed by atoms with Gasteiger partial charge in [0.2, 0.25) is 0 Å². The second-order valence-electron chi connectivity index (χ2n) is 3.51. The standard InChI is InChI=1S/C12H10Br2N2O3/c1-2-5-16(7-11(17)18)12(19)15-10-6-8(13)3-4-9(10)14/h1,3-4,6H,5,7H2,(H,15,19)(H,17,18). The van der Waals surface area contributed by atoms with Crippen molar-refractivity contribution in [2.45, 2.75) is 0 Å². The number of nitrogens with one attached hydrogen (secondary N) is 1. The third-order valence-electron chi connectivity index (χ3n) is 2.07. The number of nitrogens with zero attached hydrogens (tertiary/aromatic N) is 1. The van der Waals surface area contributed by atoms with Crippen LogP contribution < -0.4 is 5.32 Å². The zero-order valence-electron chi connectivity index (χ0n) is 9.69. The highest BCUT2D eigenvalue weighted by Gasteiger charge is 2.16. The van der Waals surface area contributed by atoms with Gasteiger partial charge in [0.1, 0.15) is 6.54 Å². The molecule has 0 fully saturated rings. The Morgan fingerprint density at radius 3 is 2.68 bits per heavy atom. The van der Waals surface area contributed by atoms with Crippen LogP contribution in [-0.2, 0) is 4.79 Å². The lowest BCUT2D eigenvalue weighted by atomic mass is 10.3. The van der Waals surface area contributed by atoms with Crippen LogP contribution in [0.25, 0.3) is 0 Å². The van der Waals surface area contributed by atoms with Gasteiger partial charge in [0.15, 0.2) is 0 Å². The van der Waals surface area contributed by atoms with E-state index in [0.717, 1.165) is 9.37 Å². The van der Waals surface area contributed by atoms with Gasteiger partial charge in [0.25, 0.3) is 0 Å². The van der Waals surface area contributed by atoms with Gasteiger partial charge in [-0.1, -0.05) is 21.9 Å². The highest BCUT2D eigenvalue weighted by Crippen LogP contribution is 2.26. The van der Waals surface area contributed by atoms with Crippen molar-refractivity contribution < 1.29 is 14.7 Å². The maximum Gasteiger partial charge on any atom is 0.323 e. The molecule has 0 unspecified atom stereocenters. The molecule has 7 heteroatoms. The van der Waals surface area contributed by atoms with E-state index in [1.807, 2.05) is 0 Å². The normalized spacial score (nSPS) is 9.53. The topological polar surface area (TPSA) is 69.6 Å². The fraction of sp³-hybridized carbons (Fsp3) is 0.167. The minimum Gasteiger partial charge on any atom is -0.480 e. The van der Waals surface area contributed by atoms with E-state index in [1.165, 1.54) is 0 Å². The number of rotatable bonds is 4. The molecule has 0 aromatic heterocycles. The number of hydrogen-bond donors (Lipinski definition) is 2. The maximum atomic E-state index is 11.9. The Bertz CT molecular complexity index is 540. The second kappa shape index (κ2) is 7.16. The van der Waals surface area contributed by atoms with Gasteiger partial charge in [-0.3, -0.25) is 4.79 Å². The zero-order chi connectivity index (χ0) is 14.4. The summed E-state index contributed by atoms with van der Waals surface area (Å²) in [5.74, 6) is 1.12. The molecule has 0 saturated carbocycles. The van der Waals surface area contributed by atoms with Crippen molar-refractivity contribution in [1.82, 2.24) is 4.90 Å². The number of anilines is 1. The van der Waals surface area contributed by atoms with Crippen LogP contribution >= 0.6 is 31.9 Å². The van der Waals surface area contributed by atoms with E-state index in [9.17, 15) is 9.59 Å². The van der Waals surface area contributed by atoms with Gasteiger partial charge in [-0.15, -0.1) is 6.42 Å². The van der Waals surface area contributed by atoms with Gasteiger partial charge >= 0.3 is 12.0 Å². The molecule has 100 valence electrons. The van der Waals surface area contributed by atoms with Crippen molar-refractivity contribution in [2.75, 3.05) is 18.4 Å². The van der Waals surface area contributed by atoms with Crippen molar-refractivity contribution in [1.29, 1.82) is 0 Å². The predicted octanol–water partition coefficient (Wildman–Crippen LogP) is 2.76. The van der Waals surface area contributed by atoms with Crippen LogP contribution in [0.5, 0.6) is 0 Å². The van der Waals surface area contributed by atoms with Gasteiger partial charge in [0, 0.05) is 8.95 Å². The summed E-state index contributed by atoms with van der Waals surface area (Å²) in [6.45, 7) is -0.536. The van der Waals surface area contributed by atoms with Gasteiger partial charge in [0.05, 0.1) is 12.2 Å². The number of halogens is 2. The van der Waals surface area contributed by atoms with Gasteiger partial charge in [-0.2, -0.15) is 0 Å². The van der Waals surface area contributed by atoms with Crippen LogP contribution in [0.2, 0.25) is 0 Å². The quantitative estimate of drug-likeness (QED) is 0.778. The Hall–Kier alpha value is -1.52. The Balaban J connectivity index is 2.84. The monoisotopic (exact) mass is 388 g/mol. The van der Waals surface area contributed by atoms with Crippen LogP contribution in [0.4, 0.5) is 10.5 Å². The molecule has 1 aromatic carbocycles. The zero-order valence-corrected chi connectivity index (χ0v) is 12.9. The Morgan fingerprint density at radius 1 is 1.42 bits per heavy atom. The third kappa shape index (κ3) is 4.93. The van der Waals surface area contributed by atoms with Crippen molar-refractivity contribution in [3.63, 3.8) is 0 Å². The summed E-state index contributed by atoms with van der Waals surface area (Å²) < 4.78 is 1.47. The van der Waals surface area contributed by atoms with Crippen LogP contribution in [0.1, 0.15) is 0 Å². The molecule has 0 atom stereocenters. The Morgan fingerprint density at radius 2 is 2.11 bits per heavy atom. The minimum atomic E-state index is -1.13. The second-order valence-corrected chi connectivity index (χ2v) is 5.28. The van der Waals surface area contributed by atoms with Gasteiger partial charge in [-0.25, -0.2) is 4.79 Å². The molecule has 0 saturated heterocycles. The average molecular weight is 390 g/mol. The molecular weight excluding hydrogens is 380 g/mol. The predicted molar refractivity (Wildman–Crippen MR) is 78.9 cm³/mol. The molecule has 0 radical (unpaired) electrons. The molecule has 0 heterocycles. The number of amides is 2. The first-order chi connectivity index (χ1) is 8.93. The summed E-state index contributed by atoms with van der Waals surface area (Å²) in [6.07, 6.45) is 5.11. The van der Waals surface area contributed by atoms with E-state index in [2.05, 4.69) is 43.1 Å². The molecule has 2 N–H and O–H groups in total. The molecule has 1 rings (SSSR count). The lowest BCUT2D eigenvalue weighted by Gasteiger charge is -2.19. The van der Waals surface area contributed by atoms with Crippen molar-refractivity contribution in [3.8, 4) is 12.3 Å². The molecule has 1 aromatic rings. The van der Waals surface area contributed by atoms with Crippen molar-refractivity contribution >= 4 is 49.5 Å². The van der Waals surface area contributed by atoms with Gasteiger partial charge in [-0.05, 0) is 34.1 Å². The third-order valence-corrected chi connectivity index (χ3v) is 3.25. The van der Waals surface area contributed by atoms with E-state index in [0.29, 0.717) is 10.2 Å². The lowest BCUT2D eigenvalue weighted by molar-refractivity contribution is -0.137. The molecule has 0 aliphatic rings. The number of benzene rings is 1. The smallest absolute Gasteiger partial charge is 0.323 e. The summed E-state index contributed by atoms with van der Waals surface area (Å²) in [7, 11) is 0. The summed E-state index contributed by atoms with van der Waals surface area (Å²) in [6, 6.07) is 4.68. The molecule has 5 nitrogen and oxygen atoms in total. The number of carbonyl (C=O) groups excluding carboxylic acids is 1. The largest absolute Gasteiger partial charge is 0.480 e. The van der Waals surface area contributed by atoms with E-state index in [1.54, 1.807) is 18.2 Å². The first kappa shape index (κ1) is 15.5. The van der Waals surface area contributed by atoms with Crippen molar-refractivity contribution in [2.24, 2.45) is 0 Å². The van der Waals surface area contributed by atoms with E-state index in [-0.39, 0.29) is 6.54 Å². The highest BCUT2D eigenvalue weighted by atomic mass is 79.9. The van der Waals surface area contributed by atoms with Crippen LogP contribution in [0.15, 0.2) is 27.1 Å². The Kier molecular flexibility index (Phi) is 5.86. The fourth-order valence-electron chi connectivity index (χ4n) is 1.26. The summed E-state index contributed by atoms with van der Waals surface area (Å²) in [4.78, 5) is 23.6. The summed E-state index contributed by atoms with van der Waals surface area (Å²) in [5.41, 5.74) is 0.520. The van der Waals surface area contributed by atoms with Crippen LogP contribution in [0, 0.1) is 12.3 Å². The van der Waals surface area contributed by atoms with Crippen LogP contribution in [0.3, 0.4) is 0 Å². The minimum absolute atomic E-state index is 0.0796. The Labute approximate surface area is 127 Å². The first-order valence-corrected chi connectivity index (χ1v) is 6.69. The number of terminal acetylenes is 1. The highest BCUT2D eigenvalue weighted by molar-refractivity contribution is 9.11. The number of aliphatic carboxylic acids is 1. The van der Waals surface area contributed by atoms with Crippen molar-refractivity contribution in [3.05, 3.63) is 27.1 Å². The summed E-state index contributed by atoms with van der Waals surface area (Å²) >= 11 is 6.57. The number of carbonyl (C=O) groups is 2. The van der Waals surface area contributed by atoms with E-state index >= 15 is 0 Å². The van der Waals surface area contributed by atoms with Gasteiger partial charge < -0.3 is 15.3 Å². The molecule has 19 heavy (non-hydrogen) atoms. The maximum absolute atomic E-state index is 11.9. The number of carboxylic acids is 1. The van der Waals surface area contributed by atoms with E-state index < -0.39 is 18.5 Å². The number of urea groups is 1. The lowest BCUT2D eigenvalue weighted by Crippen LogP contribution is -2.39. The van der Waals surface area contributed by atoms with E-state index in [4.69, 9.17) is 11.5 Å². The molecule has 2 amide bonds. The average Bonchev–Trinajstić information content (AvgIpc) is 2.32. The number of hydrogen-bond acceptors (Lipinski definition) is 2. The van der Waals surface area contributed by atoms with Crippen LogP contribution in [-0.4, -0.2) is 35.1 Å². The molecule has 0 aliphatic heterocycles. The SMILES string of the molecule is C#CCN(CC(=O)O)C(=O)Nc1cc(Br)ccc1Br.